The van der Waals surface area contributed by atoms with Gasteiger partial charge in [-0.15, -0.1) is 5.10 Å². The van der Waals surface area contributed by atoms with E-state index in [4.69, 9.17) is 10.5 Å². The normalized spacial score (nSPS) is 11.0. The molecule has 2 N–H and O–H groups in total. The zero-order valence-corrected chi connectivity index (χ0v) is 8.19. The van der Waals surface area contributed by atoms with Gasteiger partial charge in [0.2, 0.25) is 0 Å². The van der Waals surface area contributed by atoms with Crippen LogP contribution in [0.3, 0.4) is 0 Å². The van der Waals surface area contributed by atoms with Gasteiger partial charge in [0.15, 0.2) is 11.5 Å². The highest BCUT2D eigenvalue weighted by atomic mass is 16.5. The number of hydrogen-bond donors (Lipinski definition) is 1. The molecule has 5 nitrogen and oxygen atoms in total. The van der Waals surface area contributed by atoms with Gasteiger partial charge in [-0.25, -0.2) is 9.50 Å². The Bertz CT molecular complexity index is 424. The summed E-state index contributed by atoms with van der Waals surface area (Å²) in [6, 6.07) is 3.74. The third kappa shape index (κ3) is 1.31. The van der Waals surface area contributed by atoms with Crippen LogP contribution in [0.2, 0.25) is 0 Å². The fourth-order valence-electron chi connectivity index (χ4n) is 1.33. The lowest BCUT2D eigenvalue weighted by Gasteiger charge is -1.98. The summed E-state index contributed by atoms with van der Waals surface area (Å²) >= 11 is 0. The molecule has 0 aliphatic carbocycles. The van der Waals surface area contributed by atoms with Crippen molar-refractivity contribution in [3.8, 4) is 0 Å². The number of pyridine rings is 1. The highest BCUT2D eigenvalue weighted by Crippen LogP contribution is 2.13. The van der Waals surface area contributed by atoms with E-state index >= 15 is 0 Å². The number of ether oxygens (including phenoxy) is 1. The van der Waals surface area contributed by atoms with Gasteiger partial charge in [0.05, 0.1) is 5.69 Å². The number of nitrogens with two attached hydrogens (primary N) is 1. The molecule has 0 saturated carbocycles. The minimum absolute atomic E-state index is 0.403. The molecule has 0 atom stereocenters. The predicted octanol–water partition coefficient (Wildman–Crippen LogP) is 0.766. The third-order valence-electron chi connectivity index (χ3n) is 2.02. The Morgan fingerprint density at radius 3 is 2.93 bits per heavy atom. The fraction of sp³-hybridized carbons (Fsp3) is 0.333. The Kier molecular flexibility index (Phi) is 2.09. The number of rotatable bonds is 2. The Morgan fingerprint density at radius 1 is 1.50 bits per heavy atom. The monoisotopic (exact) mass is 192 g/mol. The van der Waals surface area contributed by atoms with Gasteiger partial charge < -0.3 is 10.5 Å². The van der Waals surface area contributed by atoms with Crippen molar-refractivity contribution in [2.45, 2.75) is 13.5 Å². The lowest BCUT2D eigenvalue weighted by molar-refractivity contribution is 0.178. The van der Waals surface area contributed by atoms with Crippen molar-refractivity contribution >= 4 is 11.3 Å². The highest BCUT2D eigenvalue weighted by molar-refractivity contribution is 5.64. The van der Waals surface area contributed by atoms with E-state index in [1.165, 1.54) is 0 Å². The summed E-state index contributed by atoms with van der Waals surface area (Å²) in [6.45, 7) is 2.36. The van der Waals surface area contributed by atoms with Gasteiger partial charge in [0.1, 0.15) is 6.61 Å². The predicted molar refractivity (Wildman–Crippen MR) is 52.8 cm³/mol. The SMILES string of the molecule is COCc1nc2c(N)ccc(C)n2n1. The highest BCUT2D eigenvalue weighted by Gasteiger charge is 2.07. The van der Waals surface area contributed by atoms with Crippen LogP contribution in [0.4, 0.5) is 5.69 Å². The Hall–Kier alpha value is -1.62. The van der Waals surface area contributed by atoms with Crippen molar-refractivity contribution in [2.24, 2.45) is 0 Å². The first-order valence-corrected chi connectivity index (χ1v) is 4.32. The van der Waals surface area contributed by atoms with Crippen molar-refractivity contribution < 1.29 is 4.74 Å². The molecule has 0 saturated heterocycles. The first-order chi connectivity index (χ1) is 6.72. The number of aryl methyl sites for hydroxylation is 1. The molecule has 0 aliphatic rings. The maximum atomic E-state index is 5.77. The van der Waals surface area contributed by atoms with E-state index in [1.807, 2.05) is 19.1 Å². The van der Waals surface area contributed by atoms with Gasteiger partial charge in [-0.05, 0) is 19.1 Å². The molecule has 74 valence electrons. The summed E-state index contributed by atoms with van der Waals surface area (Å²) in [6.07, 6.45) is 0. The summed E-state index contributed by atoms with van der Waals surface area (Å²) in [4.78, 5) is 4.26. The van der Waals surface area contributed by atoms with Crippen molar-refractivity contribution in [2.75, 3.05) is 12.8 Å². The minimum atomic E-state index is 0.403. The molecule has 2 heterocycles. The summed E-state index contributed by atoms with van der Waals surface area (Å²) in [5.41, 5.74) is 8.10. The zero-order chi connectivity index (χ0) is 10.1. The van der Waals surface area contributed by atoms with Gasteiger partial charge in [0, 0.05) is 12.8 Å². The molecule has 0 unspecified atom stereocenters. The van der Waals surface area contributed by atoms with E-state index in [1.54, 1.807) is 11.6 Å². The van der Waals surface area contributed by atoms with Crippen molar-refractivity contribution in [3.63, 3.8) is 0 Å². The van der Waals surface area contributed by atoms with Gasteiger partial charge in [0.25, 0.3) is 0 Å². The Morgan fingerprint density at radius 2 is 2.29 bits per heavy atom. The van der Waals surface area contributed by atoms with E-state index in [0.29, 0.717) is 23.8 Å². The number of nitrogen functional groups attached to an aromatic ring is 1. The molecule has 2 aromatic heterocycles. The van der Waals surface area contributed by atoms with Crippen LogP contribution >= 0.6 is 0 Å². The van der Waals surface area contributed by atoms with E-state index in [9.17, 15) is 0 Å². The summed E-state index contributed by atoms with van der Waals surface area (Å²) in [7, 11) is 1.61. The molecule has 0 aliphatic heterocycles. The molecular weight excluding hydrogens is 180 g/mol. The number of aromatic nitrogens is 3. The largest absolute Gasteiger partial charge is 0.396 e. The van der Waals surface area contributed by atoms with E-state index in [-0.39, 0.29) is 0 Å². The van der Waals surface area contributed by atoms with Crippen molar-refractivity contribution in [1.82, 2.24) is 14.6 Å². The van der Waals surface area contributed by atoms with Crippen LogP contribution in [-0.2, 0) is 11.3 Å². The molecular formula is C9H12N4O. The molecule has 0 bridgehead atoms. The number of nitrogens with zero attached hydrogens (tertiary/aromatic N) is 3. The standard InChI is InChI=1S/C9H12N4O/c1-6-3-4-7(10)9-11-8(5-14-2)12-13(6)9/h3-4H,5,10H2,1-2H3. The van der Waals surface area contributed by atoms with Crippen LogP contribution in [0.15, 0.2) is 12.1 Å². The van der Waals surface area contributed by atoms with Gasteiger partial charge in [-0.2, -0.15) is 0 Å². The number of anilines is 1. The lowest BCUT2D eigenvalue weighted by atomic mass is 10.3. The summed E-state index contributed by atoms with van der Waals surface area (Å²) < 4.78 is 6.68. The van der Waals surface area contributed by atoms with Crippen LogP contribution in [0.1, 0.15) is 11.5 Å². The molecule has 2 aromatic rings. The second-order valence-electron chi connectivity index (χ2n) is 3.13. The van der Waals surface area contributed by atoms with Gasteiger partial charge in [-0.3, -0.25) is 0 Å². The molecule has 0 fully saturated rings. The first-order valence-electron chi connectivity index (χ1n) is 4.32. The molecule has 0 radical (unpaired) electrons. The average molecular weight is 192 g/mol. The Labute approximate surface area is 81.5 Å². The number of hydrogen-bond acceptors (Lipinski definition) is 4. The Balaban J connectivity index is 2.63. The molecule has 14 heavy (non-hydrogen) atoms. The van der Waals surface area contributed by atoms with Crippen LogP contribution in [0.25, 0.3) is 5.65 Å². The summed E-state index contributed by atoms with van der Waals surface area (Å²) in [5.74, 6) is 0.647. The topological polar surface area (TPSA) is 65.4 Å². The zero-order valence-electron chi connectivity index (χ0n) is 8.19. The molecule has 5 heteroatoms. The molecule has 0 spiro atoms. The van der Waals surface area contributed by atoms with Gasteiger partial charge >= 0.3 is 0 Å². The van der Waals surface area contributed by atoms with E-state index in [2.05, 4.69) is 10.1 Å². The van der Waals surface area contributed by atoms with Crippen LogP contribution in [0, 0.1) is 6.92 Å². The van der Waals surface area contributed by atoms with Crippen molar-refractivity contribution in [1.29, 1.82) is 0 Å². The second-order valence-corrected chi connectivity index (χ2v) is 3.13. The maximum Gasteiger partial charge on any atom is 0.178 e. The fourth-order valence-corrected chi connectivity index (χ4v) is 1.33. The van der Waals surface area contributed by atoms with E-state index in [0.717, 1.165) is 5.69 Å². The third-order valence-corrected chi connectivity index (χ3v) is 2.02. The molecule has 2 rings (SSSR count). The van der Waals surface area contributed by atoms with Gasteiger partial charge in [-0.1, -0.05) is 0 Å². The quantitative estimate of drug-likeness (QED) is 0.763. The summed E-state index contributed by atoms with van der Waals surface area (Å²) in [5, 5.41) is 4.26. The number of methoxy groups -OCH3 is 1. The minimum Gasteiger partial charge on any atom is -0.396 e. The van der Waals surface area contributed by atoms with Crippen molar-refractivity contribution in [3.05, 3.63) is 23.7 Å². The van der Waals surface area contributed by atoms with Crippen LogP contribution in [0.5, 0.6) is 0 Å². The number of fused-ring (bicyclic) bond motifs is 1. The lowest BCUT2D eigenvalue weighted by Crippen LogP contribution is -1.97. The smallest absolute Gasteiger partial charge is 0.178 e. The first kappa shape index (κ1) is 8.96. The van der Waals surface area contributed by atoms with E-state index < -0.39 is 0 Å². The van der Waals surface area contributed by atoms with Crippen LogP contribution < -0.4 is 5.73 Å². The van der Waals surface area contributed by atoms with Crippen LogP contribution in [-0.4, -0.2) is 21.7 Å². The average Bonchev–Trinajstić information content (AvgIpc) is 2.57. The maximum absolute atomic E-state index is 5.77. The molecule has 0 aromatic carbocycles. The second kappa shape index (κ2) is 3.26. The molecule has 0 amide bonds.